The Bertz CT molecular complexity index is 473. The van der Waals surface area contributed by atoms with Crippen molar-refractivity contribution in [2.75, 3.05) is 0 Å². The fourth-order valence-electron chi connectivity index (χ4n) is 1.15. The first kappa shape index (κ1) is 9.33. The van der Waals surface area contributed by atoms with E-state index in [-0.39, 0.29) is 5.69 Å². The number of rotatable bonds is 1. The van der Waals surface area contributed by atoms with Crippen LogP contribution in [0.5, 0.6) is 0 Å². The third kappa shape index (κ3) is 1.68. The van der Waals surface area contributed by atoms with Crippen LogP contribution >= 0.6 is 11.6 Å². The van der Waals surface area contributed by atoms with E-state index >= 15 is 0 Å². The molecule has 0 amide bonds. The molecule has 2 aromatic heterocycles. The molecule has 2 aromatic rings. The quantitative estimate of drug-likeness (QED) is 0.550. The molecule has 0 atom stereocenters. The van der Waals surface area contributed by atoms with E-state index in [4.69, 9.17) is 21.8 Å². The molecular formula is C9H7ClN2O2. The van der Waals surface area contributed by atoms with Crippen LogP contribution in [0.3, 0.4) is 0 Å². The van der Waals surface area contributed by atoms with E-state index < -0.39 is 6.29 Å². The predicted octanol–water partition coefficient (Wildman–Crippen LogP) is 1.27. The highest BCUT2D eigenvalue weighted by Crippen LogP contribution is 2.17. The maximum absolute atomic E-state index is 8.90. The number of aromatic nitrogens is 2. The van der Waals surface area contributed by atoms with Crippen LogP contribution in [-0.4, -0.2) is 20.2 Å². The summed E-state index contributed by atoms with van der Waals surface area (Å²) >= 11 is 5.67. The second-order valence-corrected chi connectivity index (χ2v) is 3.20. The Morgan fingerprint density at radius 1 is 1.29 bits per heavy atom. The van der Waals surface area contributed by atoms with Gasteiger partial charge in [-0.05, 0) is 12.1 Å². The number of hydrogen-bond acceptors (Lipinski definition) is 4. The molecule has 0 aliphatic rings. The van der Waals surface area contributed by atoms with Crippen molar-refractivity contribution >= 4 is 22.5 Å². The van der Waals surface area contributed by atoms with Crippen LogP contribution in [0.15, 0.2) is 24.4 Å². The van der Waals surface area contributed by atoms with Crippen molar-refractivity contribution in [3.63, 3.8) is 0 Å². The molecule has 0 aromatic carbocycles. The Balaban J connectivity index is 2.63. The summed E-state index contributed by atoms with van der Waals surface area (Å²) in [5.74, 6) is 0. The third-order valence-electron chi connectivity index (χ3n) is 1.83. The second-order valence-electron chi connectivity index (χ2n) is 2.81. The van der Waals surface area contributed by atoms with Gasteiger partial charge in [0.2, 0.25) is 0 Å². The van der Waals surface area contributed by atoms with Crippen molar-refractivity contribution in [1.82, 2.24) is 9.97 Å². The minimum atomic E-state index is -1.56. The van der Waals surface area contributed by atoms with Crippen LogP contribution < -0.4 is 0 Å². The molecule has 0 fully saturated rings. The monoisotopic (exact) mass is 210 g/mol. The van der Waals surface area contributed by atoms with Crippen LogP contribution in [0, 0.1) is 0 Å². The third-order valence-corrected chi connectivity index (χ3v) is 2.03. The van der Waals surface area contributed by atoms with Crippen LogP contribution in [0.1, 0.15) is 12.0 Å². The topological polar surface area (TPSA) is 66.2 Å². The molecule has 0 radical (unpaired) electrons. The fraction of sp³-hybridized carbons (Fsp3) is 0.111. The van der Waals surface area contributed by atoms with Gasteiger partial charge in [0.05, 0.1) is 11.2 Å². The standard InChI is InChI=1S/C9H7ClN2O2/c10-8-3-7-5(4-11-8)1-2-6(12-7)9(13)14/h1-4,9,13-14H. The molecule has 0 aliphatic heterocycles. The van der Waals surface area contributed by atoms with E-state index in [0.717, 1.165) is 5.39 Å². The van der Waals surface area contributed by atoms with Gasteiger partial charge in [0.1, 0.15) is 5.15 Å². The van der Waals surface area contributed by atoms with Crippen molar-refractivity contribution < 1.29 is 10.2 Å². The van der Waals surface area contributed by atoms with Crippen LogP contribution in [0.25, 0.3) is 10.9 Å². The summed E-state index contributed by atoms with van der Waals surface area (Å²) in [4.78, 5) is 7.89. The summed E-state index contributed by atoms with van der Waals surface area (Å²) in [7, 11) is 0. The molecule has 0 aliphatic carbocycles. The first-order valence-corrected chi connectivity index (χ1v) is 4.33. The molecule has 2 N–H and O–H groups in total. The number of aliphatic hydroxyl groups is 2. The zero-order valence-electron chi connectivity index (χ0n) is 7.05. The zero-order chi connectivity index (χ0) is 10.1. The predicted molar refractivity (Wildman–Crippen MR) is 51.7 cm³/mol. The fourth-order valence-corrected chi connectivity index (χ4v) is 1.30. The molecule has 5 heteroatoms. The van der Waals surface area contributed by atoms with Gasteiger partial charge < -0.3 is 10.2 Å². The van der Waals surface area contributed by atoms with Crippen molar-refractivity contribution in [2.24, 2.45) is 0 Å². The van der Waals surface area contributed by atoms with E-state index in [1.165, 1.54) is 6.07 Å². The molecule has 4 nitrogen and oxygen atoms in total. The Labute approximate surface area is 84.8 Å². The van der Waals surface area contributed by atoms with Crippen molar-refractivity contribution in [2.45, 2.75) is 6.29 Å². The van der Waals surface area contributed by atoms with E-state index in [2.05, 4.69) is 9.97 Å². The highest BCUT2D eigenvalue weighted by atomic mass is 35.5. The average Bonchev–Trinajstić information content (AvgIpc) is 2.16. The lowest BCUT2D eigenvalue weighted by Gasteiger charge is -2.03. The highest BCUT2D eigenvalue weighted by Gasteiger charge is 2.05. The minimum Gasteiger partial charge on any atom is -0.363 e. The summed E-state index contributed by atoms with van der Waals surface area (Å²) in [5.41, 5.74) is 0.787. The van der Waals surface area contributed by atoms with E-state index in [9.17, 15) is 0 Å². The summed E-state index contributed by atoms with van der Waals surface area (Å²) in [6.07, 6.45) is 0.0180. The number of nitrogens with zero attached hydrogens (tertiary/aromatic N) is 2. The molecular weight excluding hydrogens is 204 g/mol. The van der Waals surface area contributed by atoms with Crippen molar-refractivity contribution in [1.29, 1.82) is 0 Å². The Morgan fingerprint density at radius 3 is 2.79 bits per heavy atom. The summed E-state index contributed by atoms with van der Waals surface area (Å²) in [6, 6.07) is 4.81. The van der Waals surface area contributed by atoms with Gasteiger partial charge in [-0.25, -0.2) is 9.97 Å². The largest absolute Gasteiger partial charge is 0.363 e. The molecule has 0 unspecified atom stereocenters. The molecule has 2 heterocycles. The molecule has 72 valence electrons. The lowest BCUT2D eigenvalue weighted by atomic mass is 10.2. The smallest absolute Gasteiger partial charge is 0.196 e. The SMILES string of the molecule is OC(O)c1ccc2cnc(Cl)cc2n1. The van der Waals surface area contributed by atoms with E-state index in [0.29, 0.717) is 10.7 Å². The minimum absolute atomic E-state index is 0.194. The Hall–Kier alpha value is -1.23. The van der Waals surface area contributed by atoms with Gasteiger partial charge in [-0.3, -0.25) is 0 Å². The van der Waals surface area contributed by atoms with Crippen LogP contribution in [-0.2, 0) is 0 Å². The van der Waals surface area contributed by atoms with Gasteiger partial charge in [-0.1, -0.05) is 11.6 Å². The molecule has 0 saturated carbocycles. The summed E-state index contributed by atoms with van der Waals surface area (Å²) < 4.78 is 0. The first-order valence-electron chi connectivity index (χ1n) is 3.95. The molecule has 0 saturated heterocycles. The summed E-state index contributed by atoms with van der Waals surface area (Å²) in [5, 5.41) is 18.9. The summed E-state index contributed by atoms with van der Waals surface area (Å²) in [6.45, 7) is 0. The lowest BCUT2D eigenvalue weighted by molar-refractivity contribution is -0.0456. The zero-order valence-corrected chi connectivity index (χ0v) is 7.81. The van der Waals surface area contributed by atoms with Gasteiger partial charge in [0.15, 0.2) is 6.29 Å². The second kappa shape index (κ2) is 3.49. The number of pyridine rings is 2. The van der Waals surface area contributed by atoms with Gasteiger partial charge in [0.25, 0.3) is 0 Å². The number of aliphatic hydroxyl groups excluding tert-OH is 1. The first-order chi connectivity index (χ1) is 6.66. The molecule has 0 spiro atoms. The molecule has 2 rings (SSSR count). The normalized spacial score (nSPS) is 11.1. The maximum atomic E-state index is 8.90. The lowest BCUT2D eigenvalue weighted by Crippen LogP contribution is -1.98. The maximum Gasteiger partial charge on any atom is 0.196 e. The van der Waals surface area contributed by atoms with Crippen molar-refractivity contribution in [3.8, 4) is 0 Å². The number of fused-ring (bicyclic) bond motifs is 1. The van der Waals surface area contributed by atoms with Gasteiger partial charge >= 0.3 is 0 Å². The number of halogens is 1. The molecule has 14 heavy (non-hydrogen) atoms. The van der Waals surface area contributed by atoms with Crippen LogP contribution in [0.4, 0.5) is 0 Å². The van der Waals surface area contributed by atoms with Crippen molar-refractivity contribution in [3.05, 3.63) is 35.2 Å². The Kier molecular flexibility index (Phi) is 2.33. The highest BCUT2D eigenvalue weighted by molar-refractivity contribution is 6.29. The van der Waals surface area contributed by atoms with Gasteiger partial charge in [-0.2, -0.15) is 0 Å². The number of hydrogen-bond donors (Lipinski definition) is 2. The average molecular weight is 211 g/mol. The Morgan fingerprint density at radius 2 is 2.07 bits per heavy atom. The van der Waals surface area contributed by atoms with Gasteiger partial charge in [-0.15, -0.1) is 0 Å². The van der Waals surface area contributed by atoms with Crippen LogP contribution in [0.2, 0.25) is 5.15 Å². The van der Waals surface area contributed by atoms with E-state index in [1.807, 2.05) is 0 Å². The molecule has 0 bridgehead atoms. The van der Waals surface area contributed by atoms with E-state index in [1.54, 1.807) is 18.3 Å². The van der Waals surface area contributed by atoms with Gasteiger partial charge in [0, 0.05) is 17.6 Å².